The van der Waals surface area contributed by atoms with Crippen LogP contribution >= 0.6 is 11.6 Å². The van der Waals surface area contributed by atoms with Gasteiger partial charge in [-0.15, -0.1) is 0 Å². The van der Waals surface area contributed by atoms with Crippen LogP contribution in [0, 0.1) is 5.92 Å². The maximum atomic E-state index is 12.1. The number of benzene rings is 1. The maximum Gasteiger partial charge on any atom is 0.224 e. The highest BCUT2D eigenvalue weighted by Crippen LogP contribution is 2.22. The number of rotatable bonds is 5. The fraction of sp³-hybridized carbons (Fsp3) is 0.611. The van der Waals surface area contributed by atoms with Crippen LogP contribution in [-0.4, -0.2) is 49.7 Å². The minimum atomic E-state index is 0.0599. The first-order valence-corrected chi connectivity index (χ1v) is 8.92. The summed E-state index contributed by atoms with van der Waals surface area (Å²) in [6.45, 7) is 4.82. The molecule has 1 aromatic carbocycles. The molecule has 0 bridgehead atoms. The zero-order valence-electron chi connectivity index (χ0n) is 13.5. The number of amides is 1. The van der Waals surface area contributed by atoms with Crippen LogP contribution in [-0.2, 0) is 16.0 Å². The van der Waals surface area contributed by atoms with Crippen molar-refractivity contribution in [3.8, 4) is 0 Å². The van der Waals surface area contributed by atoms with E-state index in [-0.39, 0.29) is 5.91 Å². The second-order valence-corrected chi connectivity index (χ2v) is 6.98. The molecule has 0 spiro atoms. The van der Waals surface area contributed by atoms with E-state index < -0.39 is 0 Å². The second kappa shape index (κ2) is 8.13. The van der Waals surface area contributed by atoms with Gasteiger partial charge in [0.1, 0.15) is 0 Å². The zero-order valence-corrected chi connectivity index (χ0v) is 14.2. The molecule has 0 aromatic heterocycles. The number of carbonyl (C=O) groups excluding carboxylic acids is 1. The average molecular weight is 337 g/mol. The van der Waals surface area contributed by atoms with Gasteiger partial charge in [0.15, 0.2) is 0 Å². The predicted molar refractivity (Wildman–Crippen MR) is 91.7 cm³/mol. The summed E-state index contributed by atoms with van der Waals surface area (Å²) >= 11 is 6.10. The molecule has 1 amide bonds. The lowest BCUT2D eigenvalue weighted by atomic mass is 9.95. The first-order chi connectivity index (χ1) is 11.2. The topological polar surface area (TPSA) is 41.6 Å². The summed E-state index contributed by atoms with van der Waals surface area (Å²) in [6, 6.07) is 8.14. The number of nitrogens with zero attached hydrogens (tertiary/aromatic N) is 1. The molecule has 2 aliphatic heterocycles. The Morgan fingerprint density at radius 3 is 2.74 bits per heavy atom. The lowest BCUT2D eigenvalue weighted by molar-refractivity contribution is -0.120. The van der Waals surface area contributed by atoms with Crippen LogP contribution in [0.15, 0.2) is 24.3 Å². The van der Waals surface area contributed by atoms with Gasteiger partial charge in [0.05, 0.1) is 13.0 Å². The molecule has 0 unspecified atom stereocenters. The molecule has 5 heteroatoms. The van der Waals surface area contributed by atoms with Gasteiger partial charge in [-0.3, -0.25) is 9.69 Å². The third-order valence-electron chi connectivity index (χ3n) is 4.97. The number of likely N-dealkylation sites (tertiary alicyclic amines) is 1. The molecule has 2 heterocycles. The molecule has 0 aliphatic carbocycles. The third kappa shape index (κ3) is 4.69. The van der Waals surface area contributed by atoms with Crippen LogP contribution in [0.25, 0.3) is 0 Å². The van der Waals surface area contributed by atoms with E-state index in [1.807, 2.05) is 24.3 Å². The van der Waals surface area contributed by atoms with Crippen molar-refractivity contribution < 1.29 is 9.53 Å². The molecule has 0 radical (unpaired) electrons. The first-order valence-electron chi connectivity index (χ1n) is 8.54. The van der Waals surface area contributed by atoms with Crippen molar-refractivity contribution in [2.75, 3.05) is 32.8 Å². The van der Waals surface area contributed by atoms with Gasteiger partial charge in [-0.1, -0.05) is 29.8 Å². The van der Waals surface area contributed by atoms with Crippen molar-refractivity contribution in [2.45, 2.75) is 31.7 Å². The van der Waals surface area contributed by atoms with Crippen LogP contribution in [0.5, 0.6) is 0 Å². The van der Waals surface area contributed by atoms with Gasteiger partial charge in [0.25, 0.3) is 0 Å². The average Bonchev–Trinajstić information content (AvgIpc) is 3.10. The molecule has 4 nitrogen and oxygen atoms in total. The van der Waals surface area contributed by atoms with Crippen molar-refractivity contribution in [1.82, 2.24) is 10.2 Å². The predicted octanol–water partition coefficient (Wildman–Crippen LogP) is 2.50. The normalized spacial score (nSPS) is 23.1. The monoisotopic (exact) mass is 336 g/mol. The molecule has 1 atom stereocenters. The fourth-order valence-electron chi connectivity index (χ4n) is 3.47. The Kier molecular flexibility index (Phi) is 5.92. The SMILES string of the molecule is O=C(Cc1ccccc1Cl)NCC1CCN([C@@H]2CCOC2)CC1. The van der Waals surface area contributed by atoms with E-state index in [0.717, 1.165) is 51.3 Å². The van der Waals surface area contributed by atoms with Gasteiger partial charge in [-0.25, -0.2) is 0 Å². The quantitative estimate of drug-likeness (QED) is 0.898. The van der Waals surface area contributed by atoms with E-state index in [1.54, 1.807) is 0 Å². The van der Waals surface area contributed by atoms with Crippen LogP contribution in [0.3, 0.4) is 0 Å². The van der Waals surface area contributed by atoms with E-state index >= 15 is 0 Å². The molecule has 1 N–H and O–H groups in total. The number of piperidine rings is 1. The van der Waals surface area contributed by atoms with Gasteiger partial charge in [0.2, 0.25) is 5.91 Å². The summed E-state index contributed by atoms with van der Waals surface area (Å²) in [7, 11) is 0. The summed E-state index contributed by atoms with van der Waals surface area (Å²) in [5.74, 6) is 0.647. The van der Waals surface area contributed by atoms with Crippen molar-refractivity contribution in [3.63, 3.8) is 0 Å². The number of nitrogens with one attached hydrogen (secondary N) is 1. The highest BCUT2D eigenvalue weighted by molar-refractivity contribution is 6.31. The van der Waals surface area contributed by atoms with Crippen molar-refractivity contribution in [3.05, 3.63) is 34.9 Å². The minimum Gasteiger partial charge on any atom is -0.380 e. The van der Waals surface area contributed by atoms with E-state index in [0.29, 0.717) is 23.4 Å². The lowest BCUT2D eigenvalue weighted by Crippen LogP contribution is -2.44. The summed E-state index contributed by atoms with van der Waals surface area (Å²) in [6.07, 6.45) is 3.84. The first kappa shape index (κ1) is 16.7. The van der Waals surface area contributed by atoms with Gasteiger partial charge in [-0.2, -0.15) is 0 Å². The molecule has 23 heavy (non-hydrogen) atoms. The van der Waals surface area contributed by atoms with Gasteiger partial charge < -0.3 is 10.1 Å². The summed E-state index contributed by atoms with van der Waals surface area (Å²) in [4.78, 5) is 14.6. The Morgan fingerprint density at radius 1 is 1.26 bits per heavy atom. The van der Waals surface area contributed by atoms with Crippen LogP contribution in [0.4, 0.5) is 0 Å². The van der Waals surface area contributed by atoms with Gasteiger partial charge in [-0.05, 0) is 49.9 Å². The van der Waals surface area contributed by atoms with Gasteiger partial charge in [0, 0.05) is 24.2 Å². The van der Waals surface area contributed by atoms with E-state index in [2.05, 4.69) is 10.2 Å². The number of halogens is 1. The molecule has 0 saturated carbocycles. The maximum absolute atomic E-state index is 12.1. The number of hydrogen-bond acceptors (Lipinski definition) is 3. The Balaban J connectivity index is 1.38. The Morgan fingerprint density at radius 2 is 2.04 bits per heavy atom. The molecule has 2 aliphatic rings. The minimum absolute atomic E-state index is 0.0599. The molecule has 1 aromatic rings. The number of carbonyl (C=O) groups is 1. The van der Waals surface area contributed by atoms with E-state index in [4.69, 9.17) is 16.3 Å². The van der Waals surface area contributed by atoms with Crippen molar-refractivity contribution >= 4 is 17.5 Å². The highest BCUT2D eigenvalue weighted by atomic mass is 35.5. The van der Waals surface area contributed by atoms with Crippen molar-refractivity contribution in [1.29, 1.82) is 0 Å². The summed E-state index contributed by atoms with van der Waals surface area (Å²) in [5.41, 5.74) is 0.891. The molecule has 2 saturated heterocycles. The largest absolute Gasteiger partial charge is 0.380 e. The highest BCUT2D eigenvalue weighted by Gasteiger charge is 2.27. The molecule has 2 fully saturated rings. The molecular formula is C18H25ClN2O2. The zero-order chi connectivity index (χ0) is 16.1. The molecular weight excluding hydrogens is 312 g/mol. The lowest BCUT2D eigenvalue weighted by Gasteiger charge is -2.35. The second-order valence-electron chi connectivity index (χ2n) is 6.57. The van der Waals surface area contributed by atoms with E-state index in [9.17, 15) is 4.79 Å². The smallest absolute Gasteiger partial charge is 0.224 e. The fourth-order valence-corrected chi connectivity index (χ4v) is 3.67. The Bertz CT molecular complexity index is 524. The van der Waals surface area contributed by atoms with Gasteiger partial charge >= 0.3 is 0 Å². The third-order valence-corrected chi connectivity index (χ3v) is 5.34. The Labute approximate surface area is 143 Å². The standard InChI is InChI=1S/C18H25ClN2O2/c19-17-4-2-1-3-15(17)11-18(22)20-12-14-5-8-21(9-6-14)16-7-10-23-13-16/h1-4,14,16H,5-13H2,(H,20,22)/t16-/m1/s1. The van der Waals surface area contributed by atoms with Crippen LogP contribution in [0.1, 0.15) is 24.8 Å². The molecule has 3 rings (SSSR count). The number of hydrogen-bond donors (Lipinski definition) is 1. The van der Waals surface area contributed by atoms with Crippen LogP contribution in [0.2, 0.25) is 5.02 Å². The number of ether oxygens (including phenoxy) is 1. The van der Waals surface area contributed by atoms with E-state index in [1.165, 1.54) is 6.42 Å². The molecule has 126 valence electrons. The van der Waals surface area contributed by atoms with Crippen molar-refractivity contribution in [2.24, 2.45) is 5.92 Å². The summed E-state index contributed by atoms with van der Waals surface area (Å²) < 4.78 is 5.47. The van der Waals surface area contributed by atoms with Crippen LogP contribution < -0.4 is 5.32 Å². The Hall–Kier alpha value is -1.10. The summed E-state index contributed by atoms with van der Waals surface area (Å²) in [5, 5.41) is 3.73.